The molecule has 0 amide bonds. The highest BCUT2D eigenvalue weighted by Crippen LogP contribution is 2.26. The number of pyridine rings is 1. The van der Waals surface area contributed by atoms with Gasteiger partial charge in [-0.15, -0.1) is 0 Å². The first-order valence-electron chi connectivity index (χ1n) is 6.99. The van der Waals surface area contributed by atoms with Crippen LogP contribution in [0.4, 0.5) is 0 Å². The summed E-state index contributed by atoms with van der Waals surface area (Å²) >= 11 is 0. The largest absolute Gasteiger partial charge is 0.244 e. The number of aryl methyl sites for hydroxylation is 3. The topological polar surface area (TPSA) is 38.7 Å². The van der Waals surface area contributed by atoms with Gasteiger partial charge < -0.3 is 0 Å². The number of hydrogen-bond donors (Lipinski definition) is 0. The van der Waals surface area contributed by atoms with Gasteiger partial charge in [-0.05, 0) is 38.0 Å². The van der Waals surface area contributed by atoms with Gasteiger partial charge in [-0.1, -0.05) is 36.4 Å². The Morgan fingerprint density at radius 2 is 1.48 bits per heavy atom. The summed E-state index contributed by atoms with van der Waals surface area (Å²) in [5, 5.41) is 0. The summed E-state index contributed by atoms with van der Waals surface area (Å²) < 4.78 is 0. The van der Waals surface area contributed by atoms with Crippen molar-refractivity contribution in [3.8, 4) is 22.8 Å². The molecule has 0 N–H and O–H groups in total. The van der Waals surface area contributed by atoms with Gasteiger partial charge in [0.15, 0.2) is 5.82 Å². The minimum absolute atomic E-state index is 0.685. The molecule has 2 aromatic heterocycles. The van der Waals surface area contributed by atoms with Crippen molar-refractivity contribution in [1.29, 1.82) is 0 Å². The van der Waals surface area contributed by atoms with Crippen molar-refractivity contribution < 1.29 is 0 Å². The van der Waals surface area contributed by atoms with Gasteiger partial charge >= 0.3 is 0 Å². The Labute approximate surface area is 124 Å². The van der Waals surface area contributed by atoms with E-state index in [4.69, 9.17) is 4.98 Å². The number of rotatable bonds is 2. The van der Waals surface area contributed by atoms with Gasteiger partial charge in [0.1, 0.15) is 5.69 Å². The van der Waals surface area contributed by atoms with E-state index in [1.165, 1.54) is 0 Å². The lowest BCUT2D eigenvalue weighted by atomic mass is 10.0. The van der Waals surface area contributed by atoms with Crippen LogP contribution >= 0.6 is 0 Å². The first-order valence-corrected chi connectivity index (χ1v) is 6.99. The summed E-state index contributed by atoms with van der Waals surface area (Å²) in [7, 11) is 0. The molecule has 0 saturated carbocycles. The first-order chi connectivity index (χ1) is 10.1. The van der Waals surface area contributed by atoms with Crippen LogP contribution in [0, 0.1) is 20.8 Å². The normalized spacial score (nSPS) is 10.6. The van der Waals surface area contributed by atoms with Crippen molar-refractivity contribution in [3.05, 3.63) is 65.5 Å². The molecule has 0 fully saturated rings. The molecule has 104 valence electrons. The predicted molar refractivity (Wildman–Crippen MR) is 84.9 cm³/mol. The fourth-order valence-electron chi connectivity index (χ4n) is 2.43. The van der Waals surface area contributed by atoms with Crippen molar-refractivity contribution in [2.24, 2.45) is 0 Å². The van der Waals surface area contributed by atoms with Gasteiger partial charge in [-0.25, -0.2) is 15.0 Å². The molecule has 1 aromatic carbocycles. The molecule has 0 atom stereocenters. The standard InChI is InChI=1S/C18H17N3/c1-12-11-13(2)17(18-19-10-9-14(3)20-18)21-16(12)15-7-5-4-6-8-15/h4-11H,1-3H3. The molecule has 21 heavy (non-hydrogen) atoms. The van der Waals surface area contributed by atoms with Crippen LogP contribution in [-0.2, 0) is 0 Å². The van der Waals surface area contributed by atoms with Crippen molar-refractivity contribution in [2.75, 3.05) is 0 Å². The van der Waals surface area contributed by atoms with Gasteiger partial charge in [0, 0.05) is 17.5 Å². The third kappa shape index (κ3) is 2.68. The lowest BCUT2D eigenvalue weighted by molar-refractivity contribution is 1.08. The molecule has 3 nitrogen and oxygen atoms in total. The van der Waals surface area contributed by atoms with Crippen LogP contribution in [0.15, 0.2) is 48.7 Å². The minimum Gasteiger partial charge on any atom is -0.244 e. The summed E-state index contributed by atoms with van der Waals surface area (Å²) in [6.45, 7) is 6.10. The second-order valence-corrected chi connectivity index (χ2v) is 5.21. The number of benzene rings is 1. The molecule has 3 rings (SSSR count). The second kappa shape index (κ2) is 5.44. The van der Waals surface area contributed by atoms with Crippen LogP contribution in [-0.4, -0.2) is 15.0 Å². The molecular formula is C18H17N3. The highest BCUT2D eigenvalue weighted by atomic mass is 14.9. The van der Waals surface area contributed by atoms with E-state index in [2.05, 4.69) is 42.0 Å². The molecule has 0 aliphatic rings. The van der Waals surface area contributed by atoms with E-state index in [9.17, 15) is 0 Å². The van der Waals surface area contributed by atoms with E-state index in [0.29, 0.717) is 5.82 Å². The first kappa shape index (κ1) is 13.4. The fourth-order valence-corrected chi connectivity index (χ4v) is 2.43. The van der Waals surface area contributed by atoms with Gasteiger partial charge in [0.25, 0.3) is 0 Å². The summed E-state index contributed by atoms with van der Waals surface area (Å²) in [5.41, 5.74) is 6.16. The number of nitrogens with zero attached hydrogens (tertiary/aromatic N) is 3. The Morgan fingerprint density at radius 1 is 0.762 bits per heavy atom. The highest BCUT2D eigenvalue weighted by molar-refractivity contribution is 5.68. The summed E-state index contributed by atoms with van der Waals surface area (Å²) in [6, 6.07) is 14.3. The monoisotopic (exact) mass is 275 g/mol. The minimum atomic E-state index is 0.685. The smallest absolute Gasteiger partial charge is 0.178 e. The molecule has 0 aliphatic carbocycles. The Hall–Kier alpha value is -2.55. The number of aromatic nitrogens is 3. The van der Waals surface area contributed by atoms with Crippen LogP contribution < -0.4 is 0 Å². The van der Waals surface area contributed by atoms with Crippen LogP contribution in [0.25, 0.3) is 22.8 Å². The molecule has 0 saturated heterocycles. The van der Waals surface area contributed by atoms with Crippen molar-refractivity contribution in [1.82, 2.24) is 15.0 Å². The van der Waals surface area contributed by atoms with Gasteiger partial charge in [-0.3, -0.25) is 0 Å². The Morgan fingerprint density at radius 3 is 2.19 bits per heavy atom. The maximum atomic E-state index is 4.83. The molecule has 0 spiro atoms. The SMILES string of the molecule is Cc1ccnc(-c2nc(-c3ccccc3)c(C)cc2C)n1. The Balaban J connectivity index is 2.19. The maximum Gasteiger partial charge on any atom is 0.178 e. The van der Waals surface area contributed by atoms with Crippen molar-refractivity contribution in [3.63, 3.8) is 0 Å². The van der Waals surface area contributed by atoms with E-state index in [1.54, 1.807) is 6.20 Å². The zero-order valence-electron chi connectivity index (χ0n) is 12.5. The molecule has 2 heterocycles. The second-order valence-electron chi connectivity index (χ2n) is 5.21. The average Bonchev–Trinajstić information content (AvgIpc) is 2.48. The summed E-state index contributed by atoms with van der Waals surface area (Å²) in [5.74, 6) is 0.685. The summed E-state index contributed by atoms with van der Waals surface area (Å²) in [6.07, 6.45) is 1.78. The highest BCUT2D eigenvalue weighted by Gasteiger charge is 2.12. The third-order valence-electron chi connectivity index (χ3n) is 3.46. The maximum absolute atomic E-state index is 4.83. The van der Waals surface area contributed by atoms with Gasteiger partial charge in [0.2, 0.25) is 0 Å². The lowest BCUT2D eigenvalue weighted by Crippen LogP contribution is -1.99. The third-order valence-corrected chi connectivity index (χ3v) is 3.46. The van der Waals surface area contributed by atoms with Crippen molar-refractivity contribution in [2.45, 2.75) is 20.8 Å². The van der Waals surface area contributed by atoms with Crippen LogP contribution in [0.5, 0.6) is 0 Å². The van der Waals surface area contributed by atoms with Crippen LogP contribution in [0.2, 0.25) is 0 Å². The van der Waals surface area contributed by atoms with E-state index >= 15 is 0 Å². The van der Waals surface area contributed by atoms with E-state index < -0.39 is 0 Å². The van der Waals surface area contributed by atoms with Gasteiger partial charge in [0.05, 0.1) is 5.69 Å². The quantitative estimate of drug-likeness (QED) is 0.705. The lowest BCUT2D eigenvalue weighted by Gasteiger charge is -2.11. The van der Waals surface area contributed by atoms with E-state index in [0.717, 1.165) is 33.8 Å². The van der Waals surface area contributed by atoms with Crippen molar-refractivity contribution >= 4 is 0 Å². The molecular weight excluding hydrogens is 258 g/mol. The molecule has 0 radical (unpaired) electrons. The molecule has 0 aliphatic heterocycles. The molecule has 3 aromatic rings. The zero-order chi connectivity index (χ0) is 14.8. The van der Waals surface area contributed by atoms with Crippen LogP contribution in [0.1, 0.15) is 16.8 Å². The summed E-state index contributed by atoms with van der Waals surface area (Å²) in [4.78, 5) is 13.7. The average molecular weight is 275 g/mol. The molecule has 0 bridgehead atoms. The van der Waals surface area contributed by atoms with Crippen LogP contribution in [0.3, 0.4) is 0 Å². The van der Waals surface area contributed by atoms with E-state index in [-0.39, 0.29) is 0 Å². The Kier molecular flexibility index (Phi) is 3.48. The fraction of sp³-hybridized carbons (Fsp3) is 0.167. The molecule has 3 heteroatoms. The van der Waals surface area contributed by atoms with Gasteiger partial charge in [-0.2, -0.15) is 0 Å². The predicted octanol–water partition coefficient (Wildman–Crippen LogP) is 4.13. The van der Waals surface area contributed by atoms with E-state index in [1.807, 2.05) is 31.2 Å². The Bertz CT molecular complexity index is 780. The zero-order valence-corrected chi connectivity index (χ0v) is 12.5. The number of hydrogen-bond acceptors (Lipinski definition) is 3. The molecule has 0 unspecified atom stereocenters.